The summed E-state index contributed by atoms with van der Waals surface area (Å²) in [5.74, 6) is 1.36. The molecule has 0 amide bonds. The summed E-state index contributed by atoms with van der Waals surface area (Å²) >= 11 is 0. The van der Waals surface area contributed by atoms with Crippen molar-refractivity contribution in [3.63, 3.8) is 0 Å². The molecule has 6 rings (SSSR count). The molecule has 1 saturated carbocycles. The van der Waals surface area contributed by atoms with Crippen LogP contribution < -0.4 is 5.73 Å². The third kappa shape index (κ3) is 5.37. The molecule has 3 unspecified atom stereocenters. The first-order chi connectivity index (χ1) is 20.2. The van der Waals surface area contributed by atoms with Crippen molar-refractivity contribution in [3.8, 4) is 0 Å². The zero-order chi connectivity index (χ0) is 29.6. The predicted molar refractivity (Wildman–Crippen MR) is 158 cm³/mol. The third-order valence-corrected chi connectivity index (χ3v) is 9.31. The van der Waals surface area contributed by atoms with Crippen molar-refractivity contribution in [2.45, 2.75) is 88.8 Å². The number of rotatable bonds is 11. The van der Waals surface area contributed by atoms with Crippen molar-refractivity contribution < 1.29 is 20.1 Å². The zero-order valence-electron chi connectivity index (χ0n) is 24.5. The molecule has 3 atom stereocenters. The van der Waals surface area contributed by atoms with Crippen LogP contribution in [-0.4, -0.2) is 87.7 Å². The lowest BCUT2D eigenvalue weighted by atomic mass is 9.75. The molecule has 2 aliphatic rings. The Morgan fingerprint density at radius 3 is 2.69 bits per heavy atom. The number of aliphatic hydroxyl groups excluding tert-OH is 3. The number of nitrogens with two attached hydrogens (primary N) is 1. The van der Waals surface area contributed by atoms with Crippen LogP contribution in [0.3, 0.4) is 0 Å². The summed E-state index contributed by atoms with van der Waals surface area (Å²) < 4.78 is 8.44. The van der Waals surface area contributed by atoms with Crippen LogP contribution in [-0.2, 0) is 10.2 Å². The van der Waals surface area contributed by atoms with Gasteiger partial charge in [-0.25, -0.2) is 19.9 Å². The molecule has 4 aromatic rings. The van der Waals surface area contributed by atoms with E-state index < -0.39 is 11.5 Å². The highest BCUT2D eigenvalue weighted by Crippen LogP contribution is 2.40. The molecule has 6 N–H and O–H groups in total. The molecule has 226 valence electrons. The second kappa shape index (κ2) is 11.5. The molecule has 42 heavy (non-hydrogen) atoms. The molecule has 12 heteroatoms. The molecule has 1 aromatic carbocycles. The van der Waals surface area contributed by atoms with E-state index in [1.807, 2.05) is 29.7 Å². The maximum atomic E-state index is 11.0. The van der Waals surface area contributed by atoms with Gasteiger partial charge in [-0.2, -0.15) is 0 Å². The van der Waals surface area contributed by atoms with Gasteiger partial charge in [0, 0.05) is 24.0 Å². The van der Waals surface area contributed by atoms with Crippen LogP contribution in [0.2, 0.25) is 0 Å². The van der Waals surface area contributed by atoms with E-state index in [4.69, 9.17) is 10.5 Å². The van der Waals surface area contributed by atoms with E-state index in [1.165, 1.54) is 6.33 Å². The molecule has 1 aliphatic carbocycles. The second-order valence-electron chi connectivity index (χ2n) is 12.6. The van der Waals surface area contributed by atoms with Gasteiger partial charge < -0.3 is 30.8 Å². The Kier molecular flexibility index (Phi) is 7.92. The van der Waals surface area contributed by atoms with Crippen molar-refractivity contribution in [1.29, 1.82) is 0 Å². The van der Waals surface area contributed by atoms with Gasteiger partial charge in [0.15, 0.2) is 11.5 Å². The van der Waals surface area contributed by atoms with Crippen LogP contribution in [0, 0.1) is 5.92 Å². The number of hydrogen-bond acceptors (Lipinski definition) is 10. The monoisotopic (exact) mass is 578 g/mol. The standard InChI is InChI=1S/C30H42N8O4/c1-17(2)37(12-21-5-7-25(42-21)38-16-34-26-27(31)32-15-33-29(26)38)20-8-18(9-20)10-24(41)28-35-22-6-4-19(11-23(22)36-28)30(3,13-39)14-40/h4,6,11,15-18,20-21,24-25,39-41H,5,7-10,12-14H2,1-3H3,(H,35,36)(H2,31,32,33). The first-order valence-electron chi connectivity index (χ1n) is 14.9. The molecule has 2 fully saturated rings. The first kappa shape index (κ1) is 28.9. The molecular formula is C30H42N8O4. The summed E-state index contributed by atoms with van der Waals surface area (Å²) in [6.45, 7) is 6.84. The summed E-state index contributed by atoms with van der Waals surface area (Å²) in [4.78, 5) is 23.2. The summed E-state index contributed by atoms with van der Waals surface area (Å²) in [6, 6.07) is 6.49. The number of aromatic nitrogens is 6. The van der Waals surface area contributed by atoms with E-state index in [-0.39, 0.29) is 25.5 Å². The SMILES string of the molecule is CC(C)N(CC1CCC(n2cnc3c(N)ncnc32)O1)C1CC(CC(O)c2nc3ccc(C(C)(CO)CO)cc3[nH]2)C1. The number of nitrogen functional groups attached to an aromatic ring is 1. The number of hydrogen-bond donors (Lipinski definition) is 5. The number of ether oxygens (including phenoxy) is 1. The zero-order valence-corrected chi connectivity index (χ0v) is 24.5. The minimum absolute atomic E-state index is 0.117. The van der Waals surface area contributed by atoms with Gasteiger partial charge in [-0.1, -0.05) is 13.0 Å². The number of anilines is 1. The minimum atomic E-state index is -0.733. The lowest BCUT2D eigenvalue weighted by molar-refractivity contribution is -0.0429. The van der Waals surface area contributed by atoms with E-state index in [0.717, 1.165) is 48.8 Å². The van der Waals surface area contributed by atoms with Crippen molar-refractivity contribution >= 4 is 28.0 Å². The van der Waals surface area contributed by atoms with Gasteiger partial charge in [-0.3, -0.25) is 9.47 Å². The highest BCUT2D eigenvalue weighted by atomic mass is 16.5. The Hall–Kier alpha value is -3.16. The van der Waals surface area contributed by atoms with Gasteiger partial charge in [0.25, 0.3) is 0 Å². The fourth-order valence-corrected chi connectivity index (χ4v) is 6.51. The molecule has 0 bridgehead atoms. The average molecular weight is 579 g/mol. The highest BCUT2D eigenvalue weighted by molar-refractivity contribution is 5.81. The Morgan fingerprint density at radius 1 is 1.17 bits per heavy atom. The fraction of sp³-hybridized carbons (Fsp3) is 0.600. The molecule has 12 nitrogen and oxygen atoms in total. The van der Waals surface area contributed by atoms with Gasteiger partial charge in [-0.15, -0.1) is 0 Å². The van der Waals surface area contributed by atoms with Gasteiger partial charge in [-0.05, 0) is 69.6 Å². The van der Waals surface area contributed by atoms with E-state index >= 15 is 0 Å². The molecule has 0 radical (unpaired) electrons. The largest absolute Gasteiger partial charge is 0.395 e. The van der Waals surface area contributed by atoms with Crippen LogP contribution in [0.15, 0.2) is 30.9 Å². The normalized spacial score (nSPS) is 23.8. The Bertz CT molecular complexity index is 1530. The number of aromatic amines is 1. The number of nitrogens with one attached hydrogen (secondary N) is 1. The number of imidazole rings is 2. The molecular weight excluding hydrogens is 536 g/mol. The highest BCUT2D eigenvalue weighted by Gasteiger charge is 2.39. The van der Waals surface area contributed by atoms with Crippen molar-refractivity contribution in [1.82, 2.24) is 34.4 Å². The van der Waals surface area contributed by atoms with Gasteiger partial charge >= 0.3 is 0 Å². The summed E-state index contributed by atoms with van der Waals surface area (Å²) in [6.07, 6.45) is 7.11. The van der Waals surface area contributed by atoms with Crippen molar-refractivity contribution in [3.05, 3.63) is 42.2 Å². The second-order valence-corrected chi connectivity index (χ2v) is 12.6. The molecule has 1 saturated heterocycles. The molecule has 0 spiro atoms. The number of aliphatic hydroxyl groups is 3. The summed E-state index contributed by atoms with van der Waals surface area (Å²) in [7, 11) is 0. The number of H-pyrrole nitrogens is 1. The predicted octanol–water partition coefficient (Wildman–Crippen LogP) is 2.82. The van der Waals surface area contributed by atoms with Crippen LogP contribution in [0.4, 0.5) is 5.82 Å². The first-order valence-corrected chi connectivity index (χ1v) is 14.9. The van der Waals surface area contributed by atoms with E-state index in [9.17, 15) is 15.3 Å². The summed E-state index contributed by atoms with van der Waals surface area (Å²) in [5, 5.41) is 30.5. The topological polar surface area (TPSA) is 171 Å². The maximum absolute atomic E-state index is 11.0. The fourth-order valence-electron chi connectivity index (χ4n) is 6.51. The smallest absolute Gasteiger partial charge is 0.167 e. The lowest BCUT2D eigenvalue weighted by Crippen LogP contribution is -2.51. The van der Waals surface area contributed by atoms with Gasteiger partial charge in [0.05, 0.1) is 36.7 Å². The number of fused-ring (bicyclic) bond motifs is 2. The van der Waals surface area contributed by atoms with E-state index in [2.05, 4.69) is 43.7 Å². The van der Waals surface area contributed by atoms with Crippen molar-refractivity contribution in [2.24, 2.45) is 5.92 Å². The molecule has 3 aromatic heterocycles. The number of nitrogens with zero attached hydrogens (tertiary/aromatic N) is 6. The van der Waals surface area contributed by atoms with Gasteiger partial charge in [0.2, 0.25) is 0 Å². The molecule has 4 heterocycles. The quantitative estimate of drug-likeness (QED) is 0.178. The lowest BCUT2D eigenvalue weighted by Gasteiger charge is -2.46. The number of benzene rings is 1. The van der Waals surface area contributed by atoms with Crippen LogP contribution in [0.25, 0.3) is 22.2 Å². The Morgan fingerprint density at radius 2 is 1.95 bits per heavy atom. The third-order valence-electron chi connectivity index (χ3n) is 9.31. The average Bonchev–Trinajstić information content (AvgIpc) is 3.71. The van der Waals surface area contributed by atoms with Crippen LogP contribution >= 0.6 is 0 Å². The van der Waals surface area contributed by atoms with Crippen LogP contribution in [0.5, 0.6) is 0 Å². The van der Waals surface area contributed by atoms with E-state index in [1.54, 1.807) is 6.33 Å². The van der Waals surface area contributed by atoms with Crippen molar-refractivity contribution in [2.75, 3.05) is 25.5 Å². The van der Waals surface area contributed by atoms with Crippen LogP contribution in [0.1, 0.15) is 76.6 Å². The summed E-state index contributed by atoms with van der Waals surface area (Å²) in [5.41, 5.74) is 8.92. The van der Waals surface area contributed by atoms with Gasteiger partial charge in [0.1, 0.15) is 30.0 Å². The van der Waals surface area contributed by atoms with E-state index in [0.29, 0.717) is 47.2 Å². The minimum Gasteiger partial charge on any atom is -0.395 e. The molecule has 1 aliphatic heterocycles. The maximum Gasteiger partial charge on any atom is 0.167 e. The Labute approximate surface area is 245 Å². The Balaban J connectivity index is 1.04.